The molecule has 1 aliphatic rings. The normalized spacial score (nSPS) is 18.9. The lowest BCUT2D eigenvalue weighted by atomic mass is 10.1. The summed E-state index contributed by atoms with van der Waals surface area (Å²) in [5.41, 5.74) is 0. The molecule has 0 saturated carbocycles. The topological polar surface area (TPSA) is 18.5 Å². The van der Waals surface area contributed by atoms with Crippen molar-refractivity contribution in [3.05, 3.63) is 0 Å². The summed E-state index contributed by atoms with van der Waals surface area (Å²) < 4.78 is 36.7. The third-order valence-electron chi connectivity index (χ3n) is 3.61. The van der Waals surface area contributed by atoms with Gasteiger partial charge in [0.1, 0.15) is 0 Å². The molecule has 1 saturated heterocycles. The minimum absolute atomic E-state index is 0.521. The Kier molecular flexibility index (Phi) is 7.84. The van der Waals surface area contributed by atoms with Crippen molar-refractivity contribution in [1.82, 2.24) is 15.1 Å². The van der Waals surface area contributed by atoms with Crippen molar-refractivity contribution in [2.45, 2.75) is 32.9 Å². The average Bonchev–Trinajstić information content (AvgIpc) is 2.33. The molecule has 20 heavy (non-hydrogen) atoms. The van der Waals surface area contributed by atoms with E-state index >= 15 is 0 Å². The van der Waals surface area contributed by atoms with Gasteiger partial charge in [0.2, 0.25) is 0 Å². The fraction of sp³-hybridized carbons (Fsp3) is 1.00. The van der Waals surface area contributed by atoms with Gasteiger partial charge in [-0.1, -0.05) is 13.8 Å². The number of piperazine rings is 1. The number of rotatable bonds is 8. The number of hydrogen-bond acceptors (Lipinski definition) is 3. The predicted octanol–water partition coefficient (Wildman–Crippen LogP) is 2.19. The van der Waals surface area contributed by atoms with Crippen LogP contribution in [0.15, 0.2) is 0 Å². The summed E-state index contributed by atoms with van der Waals surface area (Å²) >= 11 is 0. The first-order chi connectivity index (χ1) is 9.37. The van der Waals surface area contributed by atoms with Gasteiger partial charge in [-0.05, 0) is 25.3 Å². The van der Waals surface area contributed by atoms with Crippen LogP contribution in [-0.4, -0.2) is 68.3 Å². The molecular weight excluding hydrogens is 267 g/mol. The molecule has 1 rings (SSSR count). The second kappa shape index (κ2) is 8.85. The van der Waals surface area contributed by atoms with Crippen LogP contribution in [0.5, 0.6) is 0 Å². The van der Waals surface area contributed by atoms with Crippen LogP contribution in [0, 0.1) is 5.92 Å². The highest BCUT2D eigenvalue weighted by Gasteiger charge is 2.31. The summed E-state index contributed by atoms with van der Waals surface area (Å²) in [4.78, 5) is 3.73. The Morgan fingerprint density at radius 2 is 1.60 bits per heavy atom. The first kappa shape index (κ1) is 17.7. The molecule has 0 radical (unpaired) electrons. The van der Waals surface area contributed by atoms with Crippen molar-refractivity contribution in [1.29, 1.82) is 0 Å². The molecule has 0 unspecified atom stereocenters. The molecule has 1 fully saturated rings. The third kappa shape index (κ3) is 8.76. The van der Waals surface area contributed by atoms with Gasteiger partial charge in [0.15, 0.2) is 0 Å². The summed E-state index contributed by atoms with van der Waals surface area (Å²) in [6.07, 6.45) is -1.64. The van der Waals surface area contributed by atoms with Gasteiger partial charge in [-0.15, -0.1) is 0 Å². The quantitative estimate of drug-likeness (QED) is 0.693. The first-order valence-corrected chi connectivity index (χ1v) is 7.59. The zero-order valence-electron chi connectivity index (χ0n) is 12.7. The molecule has 0 aromatic carbocycles. The van der Waals surface area contributed by atoms with Crippen molar-refractivity contribution < 1.29 is 13.2 Å². The Morgan fingerprint density at radius 1 is 1.00 bits per heavy atom. The van der Waals surface area contributed by atoms with Crippen LogP contribution in [0.1, 0.15) is 26.7 Å². The molecule has 0 spiro atoms. The van der Waals surface area contributed by atoms with Gasteiger partial charge in [0.25, 0.3) is 0 Å². The number of alkyl halides is 3. The number of nitrogens with one attached hydrogen (secondary N) is 1. The molecule has 1 heterocycles. The fourth-order valence-electron chi connectivity index (χ4n) is 2.42. The molecule has 6 heteroatoms. The van der Waals surface area contributed by atoms with Gasteiger partial charge in [-0.2, -0.15) is 13.2 Å². The monoisotopic (exact) mass is 295 g/mol. The van der Waals surface area contributed by atoms with E-state index in [4.69, 9.17) is 0 Å². The van der Waals surface area contributed by atoms with E-state index in [1.54, 1.807) is 0 Å². The van der Waals surface area contributed by atoms with Crippen LogP contribution in [0.3, 0.4) is 0 Å². The summed E-state index contributed by atoms with van der Waals surface area (Å²) in [7, 11) is 0. The van der Waals surface area contributed by atoms with E-state index in [-0.39, 0.29) is 0 Å². The Morgan fingerprint density at radius 3 is 2.15 bits per heavy atom. The zero-order chi connectivity index (χ0) is 15.0. The maximum atomic E-state index is 12.2. The molecule has 0 aromatic heterocycles. The molecule has 0 atom stereocenters. The standard InChI is InChI=1S/C14H28F3N3/c1-13(2)4-3-5-18-6-7-19-8-10-20(11-9-19)12-14(15,16)17/h13,18H,3-12H2,1-2H3. The second-order valence-electron chi connectivity index (χ2n) is 6.02. The smallest absolute Gasteiger partial charge is 0.315 e. The van der Waals surface area contributed by atoms with Crippen molar-refractivity contribution in [3.63, 3.8) is 0 Å². The number of hydrogen-bond donors (Lipinski definition) is 1. The highest BCUT2D eigenvalue weighted by molar-refractivity contribution is 4.74. The van der Waals surface area contributed by atoms with Crippen LogP contribution in [0.4, 0.5) is 13.2 Å². The van der Waals surface area contributed by atoms with Gasteiger partial charge in [-0.25, -0.2) is 0 Å². The van der Waals surface area contributed by atoms with Gasteiger partial charge in [0, 0.05) is 39.3 Å². The molecule has 0 aliphatic carbocycles. The third-order valence-corrected chi connectivity index (χ3v) is 3.61. The lowest BCUT2D eigenvalue weighted by molar-refractivity contribution is -0.149. The summed E-state index contributed by atoms with van der Waals surface area (Å²) in [5.74, 6) is 0.749. The van der Waals surface area contributed by atoms with Gasteiger partial charge in [0.05, 0.1) is 6.54 Å². The van der Waals surface area contributed by atoms with Crippen molar-refractivity contribution >= 4 is 0 Å². The average molecular weight is 295 g/mol. The molecular formula is C14H28F3N3. The number of nitrogens with zero attached hydrogens (tertiary/aromatic N) is 2. The van der Waals surface area contributed by atoms with Crippen molar-refractivity contribution in [3.8, 4) is 0 Å². The highest BCUT2D eigenvalue weighted by Crippen LogP contribution is 2.17. The van der Waals surface area contributed by atoms with Gasteiger partial charge >= 0.3 is 6.18 Å². The molecule has 1 N–H and O–H groups in total. The minimum atomic E-state index is -4.07. The molecule has 0 aromatic rings. The van der Waals surface area contributed by atoms with E-state index in [9.17, 15) is 13.2 Å². The van der Waals surface area contributed by atoms with E-state index in [2.05, 4.69) is 24.1 Å². The molecule has 120 valence electrons. The largest absolute Gasteiger partial charge is 0.401 e. The second-order valence-corrected chi connectivity index (χ2v) is 6.02. The Labute approximate surface area is 120 Å². The lowest BCUT2D eigenvalue weighted by Gasteiger charge is -2.34. The van der Waals surface area contributed by atoms with Crippen LogP contribution in [0.25, 0.3) is 0 Å². The maximum Gasteiger partial charge on any atom is 0.401 e. The van der Waals surface area contributed by atoms with E-state index in [1.807, 2.05) is 0 Å². The highest BCUT2D eigenvalue weighted by atomic mass is 19.4. The molecule has 1 aliphatic heterocycles. The van der Waals surface area contributed by atoms with Gasteiger partial charge < -0.3 is 5.32 Å². The van der Waals surface area contributed by atoms with E-state index < -0.39 is 12.7 Å². The van der Waals surface area contributed by atoms with Crippen LogP contribution < -0.4 is 5.32 Å². The summed E-state index contributed by atoms with van der Waals surface area (Å²) in [6.45, 7) is 9.09. The molecule has 0 amide bonds. The van der Waals surface area contributed by atoms with E-state index in [1.165, 1.54) is 17.7 Å². The van der Waals surface area contributed by atoms with Crippen LogP contribution in [0.2, 0.25) is 0 Å². The molecule has 0 bridgehead atoms. The summed E-state index contributed by atoms with van der Waals surface area (Å²) in [6, 6.07) is 0. The van der Waals surface area contributed by atoms with Crippen LogP contribution in [-0.2, 0) is 0 Å². The minimum Gasteiger partial charge on any atom is -0.315 e. The Bertz CT molecular complexity index is 249. The van der Waals surface area contributed by atoms with E-state index in [0.717, 1.165) is 38.6 Å². The summed E-state index contributed by atoms with van der Waals surface area (Å²) in [5, 5.41) is 3.40. The van der Waals surface area contributed by atoms with Crippen molar-refractivity contribution in [2.24, 2.45) is 5.92 Å². The zero-order valence-corrected chi connectivity index (χ0v) is 12.7. The Balaban J connectivity index is 2.00. The fourth-order valence-corrected chi connectivity index (χ4v) is 2.42. The first-order valence-electron chi connectivity index (χ1n) is 7.59. The lowest BCUT2D eigenvalue weighted by Crippen LogP contribution is -2.50. The predicted molar refractivity (Wildman–Crippen MR) is 75.9 cm³/mol. The maximum absolute atomic E-state index is 12.2. The van der Waals surface area contributed by atoms with Crippen molar-refractivity contribution in [2.75, 3.05) is 52.4 Å². The van der Waals surface area contributed by atoms with Crippen LogP contribution >= 0.6 is 0 Å². The van der Waals surface area contributed by atoms with Gasteiger partial charge in [-0.3, -0.25) is 9.80 Å². The van der Waals surface area contributed by atoms with E-state index in [0.29, 0.717) is 13.1 Å². The Hall–Kier alpha value is -0.330. The SMILES string of the molecule is CC(C)CCCNCCN1CCN(CC(F)(F)F)CC1. The number of halogens is 3. The molecule has 3 nitrogen and oxygen atoms in total.